The van der Waals surface area contributed by atoms with Gasteiger partial charge < -0.3 is 14.9 Å². The zero-order valence-corrected chi connectivity index (χ0v) is 28.2. The summed E-state index contributed by atoms with van der Waals surface area (Å²) in [6, 6.07) is 15.2. The molecule has 0 radical (unpaired) electrons. The van der Waals surface area contributed by atoms with Crippen molar-refractivity contribution in [3.63, 3.8) is 0 Å². The van der Waals surface area contributed by atoms with E-state index in [1.54, 1.807) is 23.3 Å². The van der Waals surface area contributed by atoms with Crippen molar-refractivity contribution in [3.05, 3.63) is 97.3 Å². The van der Waals surface area contributed by atoms with Crippen molar-refractivity contribution in [2.75, 3.05) is 0 Å². The van der Waals surface area contributed by atoms with E-state index in [9.17, 15) is 0 Å². The summed E-state index contributed by atoms with van der Waals surface area (Å²) in [4.78, 5) is 0. The van der Waals surface area contributed by atoms with Crippen molar-refractivity contribution >= 4 is 31.7 Å². The summed E-state index contributed by atoms with van der Waals surface area (Å²) in [5, 5.41) is 0. The van der Waals surface area contributed by atoms with Crippen LogP contribution < -0.4 is 0 Å². The third-order valence-electron chi connectivity index (χ3n) is 5.61. The maximum atomic E-state index is 3.67. The summed E-state index contributed by atoms with van der Waals surface area (Å²) < 4.78 is 0. The minimum absolute atomic E-state index is 0. The number of hydrogen-bond acceptors (Lipinski definition) is 0. The van der Waals surface area contributed by atoms with Gasteiger partial charge in [0.1, 0.15) is 0 Å². The van der Waals surface area contributed by atoms with Gasteiger partial charge in [-0.1, -0.05) is 78.6 Å². The zero-order valence-electron chi connectivity index (χ0n) is 22.7. The number of benzene rings is 2. The molecule has 0 saturated heterocycles. The van der Waals surface area contributed by atoms with Crippen molar-refractivity contribution < 1.29 is 23.3 Å². The van der Waals surface area contributed by atoms with Gasteiger partial charge in [0.25, 0.3) is 0 Å². The predicted octanol–water partition coefficient (Wildman–Crippen LogP) is 8.56. The van der Waals surface area contributed by atoms with Crippen molar-refractivity contribution in [2.24, 2.45) is 0 Å². The van der Waals surface area contributed by atoms with Gasteiger partial charge in [-0.05, 0) is 28.4 Å². The maximum absolute atomic E-state index is 3.67. The van der Waals surface area contributed by atoms with Crippen LogP contribution in [0.25, 0.3) is 11.1 Å². The Morgan fingerprint density at radius 1 is 0.882 bits per heavy atom. The summed E-state index contributed by atoms with van der Waals surface area (Å²) in [6.45, 7) is 17.7. The van der Waals surface area contributed by atoms with E-state index in [0.717, 1.165) is 19.3 Å². The summed E-state index contributed by atoms with van der Waals surface area (Å²) >= 11 is 1.58. The normalized spacial score (nSPS) is 12.4. The molecule has 0 aliphatic heterocycles. The van der Waals surface area contributed by atoms with Gasteiger partial charge in [-0.3, -0.25) is 6.08 Å². The van der Waals surface area contributed by atoms with E-state index in [0.29, 0.717) is 0 Å². The third-order valence-corrected chi connectivity index (χ3v) is 5.61. The van der Waals surface area contributed by atoms with Crippen LogP contribution in [0.3, 0.4) is 0 Å². The van der Waals surface area contributed by atoms with Gasteiger partial charge in [0.15, 0.2) is 0 Å². The summed E-state index contributed by atoms with van der Waals surface area (Å²) in [6.07, 6.45) is 10.7. The topological polar surface area (TPSA) is 0 Å². The molecule has 34 heavy (non-hydrogen) atoms. The summed E-state index contributed by atoms with van der Waals surface area (Å²) in [7, 11) is 0. The molecule has 0 aromatic heterocycles. The third kappa shape index (κ3) is 9.93. The second-order valence-electron chi connectivity index (χ2n) is 9.98. The van der Waals surface area contributed by atoms with Gasteiger partial charge >= 0.3 is 30.2 Å². The van der Waals surface area contributed by atoms with Crippen LogP contribution in [0.1, 0.15) is 83.6 Å². The molecule has 4 heteroatoms. The van der Waals surface area contributed by atoms with Gasteiger partial charge in [-0.15, -0.1) is 42.4 Å². The zero-order chi connectivity index (χ0) is 22.5. The summed E-state index contributed by atoms with van der Waals surface area (Å²) in [5.41, 5.74) is 10.1. The van der Waals surface area contributed by atoms with Crippen LogP contribution in [0.15, 0.2) is 48.1 Å². The first-order valence-electron chi connectivity index (χ1n) is 10.9. The fourth-order valence-corrected chi connectivity index (χ4v) is 3.72. The number of fused-ring (bicyclic) bond motifs is 3. The first kappa shape index (κ1) is 38.1. The van der Waals surface area contributed by atoms with E-state index >= 15 is 0 Å². The first-order chi connectivity index (χ1) is 14.1. The number of allylic oxidation sites excluding steroid dienone is 4. The van der Waals surface area contributed by atoms with E-state index in [1.165, 1.54) is 39.0 Å². The van der Waals surface area contributed by atoms with E-state index in [4.69, 9.17) is 0 Å². The molecule has 0 nitrogen and oxygen atoms in total. The van der Waals surface area contributed by atoms with Gasteiger partial charge in [0, 0.05) is 0 Å². The van der Waals surface area contributed by atoms with Crippen molar-refractivity contribution in [1.29, 1.82) is 0 Å². The van der Waals surface area contributed by atoms with E-state index in [1.807, 2.05) is 6.88 Å². The van der Waals surface area contributed by atoms with Crippen LogP contribution >= 0.6 is 24.8 Å². The molecular weight excluding hydrogens is 551 g/mol. The number of halogens is 2. The SMILES string of the molecule is CC(C)(C)c1[c-]c2c(cc1)-c1ccc(C(C)(C)C)cc1C2.CCC1=[C-]CC=C1.Cl.Cl.[CH3-].[CH3-].[SiH2]=[Zr]. The molecule has 4 rings (SSSR count). The van der Waals surface area contributed by atoms with Crippen LogP contribution in [-0.2, 0) is 40.6 Å². The Morgan fingerprint density at radius 2 is 1.47 bits per heavy atom. The van der Waals surface area contributed by atoms with Crippen LogP contribution in [-0.4, -0.2) is 6.88 Å². The van der Waals surface area contributed by atoms with Gasteiger partial charge in [0.2, 0.25) is 0 Å². The van der Waals surface area contributed by atoms with Crippen molar-refractivity contribution in [1.82, 2.24) is 0 Å². The van der Waals surface area contributed by atoms with Crippen molar-refractivity contribution in [2.45, 2.75) is 78.6 Å². The molecule has 2 aromatic carbocycles. The Balaban J connectivity index is -0.000000639. The van der Waals surface area contributed by atoms with Crippen molar-refractivity contribution in [3.8, 4) is 11.1 Å². The number of hydrogen-bond donors (Lipinski definition) is 0. The second kappa shape index (κ2) is 16.4. The molecule has 0 unspecified atom stereocenters. The molecule has 190 valence electrons. The second-order valence-corrected chi connectivity index (χ2v) is 9.98. The predicted molar refractivity (Wildman–Crippen MR) is 158 cm³/mol. The van der Waals surface area contributed by atoms with E-state index in [2.05, 4.69) is 103 Å². The van der Waals surface area contributed by atoms with Crippen LogP contribution in [0.5, 0.6) is 0 Å². The Kier molecular flexibility index (Phi) is 18.4. The van der Waals surface area contributed by atoms with Gasteiger partial charge in [-0.2, -0.15) is 29.8 Å². The Morgan fingerprint density at radius 3 is 1.91 bits per heavy atom. The monoisotopic (exact) mass is 592 g/mol. The standard InChI is InChI=1S/C21H25.C7H9.2CH3.2ClH.H2Si.Zr/c1-20(2,3)16-7-9-18-14(12-16)11-15-13-17(21(4,5)6)8-10-19(15)18;1-2-7-5-3-4-6-7;;;;;;/h7-10,12H,11H2,1-6H3;3,5H,2,4H2,1H3;2*1H3;2*1H;1H2;/q4*-1;;;;. The molecular formula is C30H44Cl2SiZr-4. The quantitative estimate of drug-likeness (QED) is 0.196. The molecule has 0 spiro atoms. The molecule has 0 fully saturated rings. The Hall–Kier alpha value is -0.400. The summed E-state index contributed by atoms with van der Waals surface area (Å²) in [5.74, 6) is 0. The average Bonchev–Trinajstić information content (AvgIpc) is 3.35. The molecule has 0 amide bonds. The molecule has 2 aliphatic rings. The van der Waals surface area contributed by atoms with Crippen LogP contribution in [0, 0.1) is 27.0 Å². The van der Waals surface area contributed by atoms with E-state index in [-0.39, 0.29) is 50.5 Å². The van der Waals surface area contributed by atoms with Gasteiger partial charge in [-0.25, -0.2) is 11.6 Å². The first-order valence-corrected chi connectivity index (χ1v) is 16.8. The molecule has 0 heterocycles. The van der Waals surface area contributed by atoms with E-state index < -0.39 is 0 Å². The molecule has 0 saturated carbocycles. The molecule has 2 aromatic rings. The Bertz CT molecular complexity index is 886. The fraction of sp³-hybridized carbons (Fsp3) is 0.400. The molecule has 2 aliphatic carbocycles. The Labute approximate surface area is 240 Å². The average molecular weight is 595 g/mol. The van der Waals surface area contributed by atoms with Crippen LogP contribution in [0.4, 0.5) is 0 Å². The molecule has 0 atom stereocenters. The number of rotatable bonds is 1. The minimum atomic E-state index is 0. The van der Waals surface area contributed by atoms with Crippen LogP contribution in [0.2, 0.25) is 0 Å². The fourth-order valence-electron chi connectivity index (χ4n) is 3.72. The molecule has 0 bridgehead atoms. The molecule has 0 N–H and O–H groups in total. The van der Waals surface area contributed by atoms with Gasteiger partial charge in [0.05, 0.1) is 0 Å².